The van der Waals surface area contributed by atoms with E-state index in [1.807, 2.05) is 11.8 Å². The summed E-state index contributed by atoms with van der Waals surface area (Å²) in [6.45, 7) is 6.21. The fourth-order valence-corrected chi connectivity index (χ4v) is 3.00. The van der Waals surface area contributed by atoms with Crippen LogP contribution in [0.3, 0.4) is 0 Å². The molecule has 2 saturated heterocycles. The Bertz CT molecular complexity index is 351. The zero-order valence-electron chi connectivity index (χ0n) is 12.5. The van der Waals surface area contributed by atoms with Gasteiger partial charge in [-0.15, -0.1) is 12.4 Å². The van der Waals surface area contributed by atoms with Crippen molar-refractivity contribution in [3.05, 3.63) is 0 Å². The van der Waals surface area contributed by atoms with Crippen LogP contribution in [0, 0.1) is 0 Å². The first-order valence-corrected chi connectivity index (χ1v) is 7.40. The Labute approximate surface area is 127 Å². The normalized spacial score (nSPS) is 24.2. The predicted molar refractivity (Wildman–Crippen MR) is 81.0 cm³/mol. The lowest BCUT2D eigenvalue weighted by Crippen LogP contribution is -2.48. The summed E-state index contributed by atoms with van der Waals surface area (Å²) < 4.78 is 0. The van der Waals surface area contributed by atoms with E-state index >= 15 is 0 Å². The summed E-state index contributed by atoms with van der Waals surface area (Å²) in [6, 6.07) is -0.198. The van der Waals surface area contributed by atoms with E-state index in [1.54, 1.807) is 4.90 Å². The number of hydrogen-bond donors (Lipinski definition) is 0. The Morgan fingerprint density at radius 3 is 2.50 bits per heavy atom. The summed E-state index contributed by atoms with van der Waals surface area (Å²) in [6.07, 6.45) is 3.30. The maximum absolute atomic E-state index is 12.6. The van der Waals surface area contributed by atoms with Gasteiger partial charge in [-0.1, -0.05) is 6.92 Å². The molecule has 0 saturated carbocycles. The van der Waals surface area contributed by atoms with Crippen LogP contribution in [-0.2, 0) is 9.59 Å². The number of carbonyl (C=O) groups excluding carboxylic acids is 2. The minimum atomic E-state index is -0.198. The van der Waals surface area contributed by atoms with Gasteiger partial charge in [0.1, 0.15) is 6.04 Å². The van der Waals surface area contributed by atoms with Gasteiger partial charge in [-0.2, -0.15) is 0 Å². The molecule has 2 aliphatic heterocycles. The summed E-state index contributed by atoms with van der Waals surface area (Å²) >= 11 is 0. The number of amides is 2. The van der Waals surface area contributed by atoms with Crippen molar-refractivity contribution >= 4 is 24.2 Å². The SMILES string of the molecule is CCC(=O)N1CCCC1C(=O)N1CCCN(C)CC1.Cl. The van der Waals surface area contributed by atoms with Crippen LogP contribution in [0.1, 0.15) is 32.6 Å². The first-order valence-electron chi connectivity index (χ1n) is 7.40. The highest BCUT2D eigenvalue weighted by atomic mass is 35.5. The van der Waals surface area contributed by atoms with E-state index in [2.05, 4.69) is 11.9 Å². The quantitative estimate of drug-likeness (QED) is 0.764. The van der Waals surface area contributed by atoms with Crippen molar-refractivity contribution in [3.8, 4) is 0 Å². The zero-order valence-corrected chi connectivity index (χ0v) is 13.3. The third-order valence-corrected chi connectivity index (χ3v) is 4.19. The van der Waals surface area contributed by atoms with E-state index < -0.39 is 0 Å². The van der Waals surface area contributed by atoms with Crippen LogP contribution < -0.4 is 0 Å². The molecule has 20 heavy (non-hydrogen) atoms. The van der Waals surface area contributed by atoms with Crippen molar-refractivity contribution in [3.63, 3.8) is 0 Å². The lowest BCUT2D eigenvalue weighted by molar-refractivity contribution is -0.143. The number of likely N-dealkylation sites (N-methyl/N-ethyl adjacent to an activating group) is 1. The standard InChI is InChI=1S/C14H25N3O2.ClH/c1-3-13(18)17-9-4-6-12(17)14(19)16-8-5-7-15(2)10-11-16;/h12H,3-11H2,1-2H3;1H. The van der Waals surface area contributed by atoms with E-state index in [4.69, 9.17) is 0 Å². The number of hydrogen-bond acceptors (Lipinski definition) is 3. The molecule has 0 bridgehead atoms. The molecule has 1 atom stereocenters. The molecule has 0 spiro atoms. The van der Waals surface area contributed by atoms with Gasteiger partial charge in [0.2, 0.25) is 11.8 Å². The Morgan fingerprint density at radius 2 is 1.80 bits per heavy atom. The van der Waals surface area contributed by atoms with Crippen LogP contribution in [-0.4, -0.2) is 72.3 Å². The Morgan fingerprint density at radius 1 is 1.05 bits per heavy atom. The lowest BCUT2D eigenvalue weighted by Gasteiger charge is -2.29. The highest BCUT2D eigenvalue weighted by Crippen LogP contribution is 2.21. The number of carbonyl (C=O) groups is 2. The molecular formula is C14H26ClN3O2. The fraction of sp³-hybridized carbons (Fsp3) is 0.857. The average molecular weight is 304 g/mol. The number of likely N-dealkylation sites (tertiary alicyclic amines) is 1. The van der Waals surface area contributed by atoms with Gasteiger partial charge in [-0.25, -0.2) is 0 Å². The third kappa shape index (κ3) is 3.85. The van der Waals surface area contributed by atoms with Gasteiger partial charge in [0, 0.05) is 32.6 Å². The summed E-state index contributed by atoms with van der Waals surface area (Å²) in [5.41, 5.74) is 0. The molecule has 0 aromatic heterocycles. The molecule has 0 aromatic carbocycles. The molecule has 6 heteroatoms. The molecule has 2 aliphatic rings. The van der Waals surface area contributed by atoms with E-state index in [1.165, 1.54) is 0 Å². The molecule has 2 heterocycles. The monoisotopic (exact) mass is 303 g/mol. The lowest BCUT2D eigenvalue weighted by atomic mass is 10.1. The molecule has 0 aliphatic carbocycles. The Kier molecular flexibility index (Phi) is 6.76. The largest absolute Gasteiger partial charge is 0.340 e. The van der Waals surface area contributed by atoms with Gasteiger partial charge in [0.25, 0.3) is 0 Å². The summed E-state index contributed by atoms with van der Waals surface area (Å²) in [7, 11) is 2.09. The fourth-order valence-electron chi connectivity index (χ4n) is 3.00. The van der Waals surface area contributed by atoms with Crippen molar-refractivity contribution in [1.29, 1.82) is 0 Å². The van der Waals surface area contributed by atoms with Crippen LogP contribution in [0.2, 0.25) is 0 Å². The first kappa shape index (κ1) is 17.2. The van der Waals surface area contributed by atoms with Gasteiger partial charge in [-0.3, -0.25) is 9.59 Å². The van der Waals surface area contributed by atoms with E-state index in [9.17, 15) is 9.59 Å². The second kappa shape index (κ2) is 7.84. The van der Waals surface area contributed by atoms with Crippen molar-refractivity contribution < 1.29 is 9.59 Å². The number of halogens is 1. The predicted octanol–water partition coefficient (Wildman–Crippen LogP) is 0.973. The van der Waals surface area contributed by atoms with E-state index in [0.717, 1.165) is 52.0 Å². The maximum Gasteiger partial charge on any atom is 0.245 e. The van der Waals surface area contributed by atoms with Crippen LogP contribution >= 0.6 is 12.4 Å². The van der Waals surface area contributed by atoms with Crippen LogP contribution in [0.25, 0.3) is 0 Å². The van der Waals surface area contributed by atoms with Crippen LogP contribution in [0.5, 0.6) is 0 Å². The molecule has 1 unspecified atom stereocenters. The average Bonchev–Trinajstić information content (AvgIpc) is 2.80. The third-order valence-electron chi connectivity index (χ3n) is 4.19. The van der Waals surface area contributed by atoms with E-state index in [0.29, 0.717) is 6.42 Å². The molecule has 5 nitrogen and oxygen atoms in total. The van der Waals surface area contributed by atoms with Gasteiger partial charge in [0.15, 0.2) is 0 Å². The van der Waals surface area contributed by atoms with Gasteiger partial charge >= 0.3 is 0 Å². The Hall–Kier alpha value is -0.810. The molecule has 0 aromatic rings. The van der Waals surface area contributed by atoms with Crippen molar-refractivity contribution in [2.75, 3.05) is 39.8 Å². The number of nitrogens with zero attached hydrogens (tertiary/aromatic N) is 3. The zero-order chi connectivity index (χ0) is 13.8. The van der Waals surface area contributed by atoms with E-state index in [-0.39, 0.29) is 30.3 Å². The minimum Gasteiger partial charge on any atom is -0.340 e. The van der Waals surface area contributed by atoms with Gasteiger partial charge in [-0.05, 0) is 32.9 Å². The van der Waals surface area contributed by atoms with Crippen LogP contribution in [0.15, 0.2) is 0 Å². The Balaban J connectivity index is 0.00000200. The highest BCUT2D eigenvalue weighted by molar-refractivity contribution is 5.88. The van der Waals surface area contributed by atoms with Crippen LogP contribution in [0.4, 0.5) is 0 Å². The molecule has 2 rings (SSSR count). The molecule has 0 N–H and O–H groups in total. The molecule has 2 fully saturated rings. The van der Waals surface area contributed by atoms with Gasteiger partial charge < -0.3 is 14.7 Å². The van der Waals surface area contributed by atoms with Gasteiger partial charge in [0.05, 0.1) is 0 Å². The van der Waals surface area contributed by atoms with Crippen molar-refractivity contribution in [2.24, 2.45) is 0 Å². The van der Waals surface area contributed by atoms with Crippen molar-refractivity contribution in [1.82, 2.24) is 14.7 Å². The number of rotatable bonds is 2. The topological polar surface area (TPSA) is 43.9 Å². The second-order valence-electron chi connectivity index (χ2n) is 5.58. The smallest absolute Gasteiger partial charge is 0.245 e. The molecule has 0 radical (unpaired) electrons. The maximum atomic E-state index is 12.6. The summed E-state index contributed by atoms with van der Waals surface area (Å²) in [5, 5.41) is 0. The first-order chi connectivity index (χ1) is 9.13. The summed E-state index contributed by atoms with van der Waals surface area (Å²) in [4.78, 5) is 30.5. The molecule has 116 valence electrons. The summed E-state index contributed by atoms with van der Waals surface area (Å²) in [5.74, 6) is 0.275. The minimum absolute atomic E-state index is 0. The molecular weight excluding hydrogens is 278 g/mol. The second-order valence-corrected chi connectivity index (χ2v) is 5.58. The molecule has 2 amide bonds. The highest BCUT2D eigenvalue weighted by Gasteiger charge is 2.35. The van der Waals surface area contributed by atoms with Crippen molar-refractivity contribution in [2.45, 2.75) is 38.6 Å².